The highest BCUT2D eigenvalue weighted by Crippen LogP contribution is 2.34. The monoisotopic (exact) mass is 424 g/mol. The Morgan fingerprint density at radius 1 is 0.933 bits per heavy atom. The van der Waals surface area contributed by atoms with Crippen molar-refractivity contribution in [1.82, 2.24) is 10.3 Å². The standard InChI is InChI=1S/C24H29N2O3P/c1-18(2)19-9-11-20(12-10-19)23-14-13-22(17-25-15-6-16-30(27,28)29)26-24(23)21-7-4-3-5-8-21/h3-5,7-14,18,25H,6,15-17H2,1-2H3,(H2,27,28,29). The van der Waals surface area contributed by atoms with Gasteiger partial charge in [0.05, 0.1) is 17.5 Å². The molecule has 158 valence electrons. The Kier molecular flexibility index (Phi) is 7.57. The van der Waals surface area contributed by atoms with E-state index in [-0.39, 0.29) is 6.16 Å². The summed E-state index contributed by atoms with van der Waals surface area (Å²) in [6.45, 7) is 5.46. The van der Waals surface area contributed by atoms with Crippen LogP contribution < -0.4 is 5.32 Å². The van der Waals surface area contributed by atoms with Gasteiger partial charge in [0.15, 0.2) is 0 Å². The first-order valence-electron chi connectivity index (χ1n) is 10.2. The maximum Gasteiger partial charge on any atom is 0.325 e. The van der Waals surface area contributed by atoms with Gasteiger partial charge in [-0.2, -0.15) is 0 Å². The summed E-state index contributed by atoms with van der Waals surface area (Å²) in [6.07, 6.45) is 0.324. The van der Waals surface area contributed by atoms with E-state index in [9.17, 15) is 4.57 Å². The Morgan fingerprint density at radius 2 is 1.63 bits per heavy atom. The Balaban J connectivity index is 1.82. The first-order chi connectivity index (χ1) is 14.3. The van der Waals surface area contributed by atoms with Gasteiger partial charge in [0.2, 0.25) is 0 Å². The first kappa shape index (κ1) is 22.4. The molecular weight excluding hydrogens is 395 g/mol. The summed E-state index contributed by atoms with van der Waals surface area (Å²) in [5, 5.41) is 3.23. The Hall–Kier alpha value is -2.30. The zero-order chi connectivity index (χ0) is 21.6. The smallest absolute Gasteiger partial charge is 0.324 e. The summed E-state index contributed by atoms with van der Waals surface area (Å²) in [4.78, 5) is 22.8. The molecule has 0 saturated heterocycles. The van der Waals surface area contributed by atoms with Crippen molar-refractivity contribution < 1.29 is 14.4 Å². The van der Waals surface area contributed by atoms with Gasteiger partial charge in [-0.05, 0) is 36.1 Å². The fourth-order valence-corrected chi connectivity index (χ4v) is 3.89. The highest BCUT2D eigenvalue weighted by molar-refractivity contribution is 7.51. The second kappa shape index (κ2) is 10.1. The second-order valence-corrected chi connectivity index (χ2v) is 9.54. The Labute approximate surface area is 178 Å². The molecule has 0 aliphatic rings. The van der Waals surface area contributed by atoms with Crippen LogP contribution in [0.1, 0.15) is 37.4 Å². The van der Waals surface area contributed by atoms with E-state index >= 15 is 0 Å². The molecule has 3 N–H and O–H groups in total. The van der Waals surface area contributed by atoms with E-state index in [0.717, 1.165) is 28.1 Å². The summed E-state index contributed by atoms with van der Waals surface area (Å²) in [5.74, 6) is 0.491. The third-order valence-electron chi connectivity index (χ3n) is 5.00. The Morgan fingerprint density at radius 3 is 2.27 bits per heavy atom. The number of nitrogens with zero attached hydrogens (tertiary/aromatic N) is 1. The van der Waals surface area contributed by atoms with Gasteiger partial charge < -0.3 is 15.1 Å². The lowest BCUT2D eigenvalue weighted by molar-refractivity contribution is 0.371. The molecule has 30 heavy (non-hydrogen) atoms. The minimum atomic E-state index is -3.93. The molecule has 1 heterocycles. The molecule has 0 radical (unpaired) electrons. The molecule has 0 saturated carbocycles. The van der Waals surface area contributed by atoms with Crippen LogP contribution in [0.4, 0.5) is 0 Å². The molecule has 0 aliphatic heterocycles. The average molecular weight is 424 g/mol. The summed E-state index contributed by atoms with van der Waals surface area (Å²) >= 11 is 0. The lowest BCUT2D eigenvalue weighted by Gasteiger charge is -2.13. The largest absolute Gasteiger partial charge is 0.325 e. The van der Waals surface area contributed by atoms with E-state index in [0.29, 0.717) is 25.4 Å². The van der Waals surface area contributed by atoms with Crippen molar-refractivity contribution >= 4 is 7.60 Å². The van der Waals surface area contributed by atoms with E-state index in [1.54, 1.807) is 0 Å². The van der Waals surface area contributed by atoms with Gasteiger partial charge >= 0.3 is 7.60 Å². The van der Waals surface area contributed by atoms with Crippen LogP contribution in [-0.2, 0) is 11.1 Å². The number of nitrogens with one attached hydrogen (secondary N) is 1. The maximum absolute atomic E-state index is 11.0. The van der Waals surface area contributed by atoms with Crippen LogP contribution in [0.2, 0.25) is 0 Å². The summed E-state index contributed by atoms with van der Waals surface area (Å²) < 4.78 is 11.0. The predicted molar refractivity (Wildman–Crippen MR) is 122 cm³/mol. The van der Waals surface area contributed by atoms with Gasteiger partial charge in [0.1, 0.15) is 0 Å². The summed E-state index contributed by atoms with van der Waals surface area (Å²) in [5.41, 5.74) is 6.41. The van der Waals surface area contributed by atoms with Gasteiger partial charge in [-0.3, -0.25) is 9.55 Å². The van der Waals surface area contributed by atoms with Crippen molar-refractivity contribution in [3.63, 3.8) is 0 Å². The number of hydrogen-bond acceptors (Lipinski definition) is 3. The number of rotatable bonds is 9. The third-order valence-corrected chi connectivity index (χ3v) is 5.90. The van der Waals surface area contributed by atoms with Crippen LogP contribution in [-0.4, -0.2) is 27.5 Å². The van der Waals surface area contributed by atoms with Crippen LogP contribution in [0.5, 0.6) is 0 Å². The van der Waals surface area contributed by atoms with Crippen LogP contribution in [0, 0.1) is 0 Å². The number of benzene rings is 2. The zero-order valence-electron chi connectivity index (χ0n) is 17.5. The van der Waals surface area contributed by atoms with Crippen molar-refractivity contribution in [2.45, 2.75) is 32.7 Å². The first-order valence-corrected chi connectivity index (χ1v) is 12.0. The second-order valence-electron chi connectivity index (χ2n) is 7.76. The molecule has 3 rings (SSSR count). The minimum Gasteiger partial charge on any atom is -0.324 e. The van der Waals surface area contributed by atoms with Crippen molar-refractivity contribution in [3.8, 4) is 22.4 Å². The van der Waals surface area contributed by atoms with E-state index in [1.165, 1.54) is 5.56 Å². The van der Waals surface area contributed by atoms with Crippen molar-refractivity contribution in [2.24, 2.45) is 0 Å². The molecule has 0 aliphatic carbocycles. The van der Waals surface area contributed by atoms with Crippen molar-refractivity contribution in [1.29, 1.82) is 0 Å². The SMILES string of the molecule is CC(C)c1ccc(-c2ccc(CNCCCP(=O)(O)O)nc2-c2ccccc2)cc1. The van der Waals surface area contributed by atoms with Gasteiger partial charge in [-0.1, -0.05) is 74.5 Å². The highest BCUT2D eigenvalue weighted by atomic mass is 31.2. The molecule has 0 spiro atoms. The fourth-order valence-electron chi connectivity index (χ4n) is 3.32. The molecule has 1 aromatic heterocycles. The van der Waals surface area contributed by atoms with Crippen molar-refractivity contribution in [2.75, 3.05) is 12.7 Å². The molecule has 6 heteroatoms. The molecule has 0 bridgehead atoms. The lowest BCUT2D eigenvalue weighted by atomic mass is 9.95. The molecule has 0 fully saturated rings. The summed E-state index contributed by atoms with van der Waals surface area (Å²) in [6, 6.07) is 22.9. The molecule has 3 aromatic rings. The van der Waals surface area contributed by atoms with E-state index in [4.69, 9.17) is 14.8 Å². The Bertz CT molecular complexity index is 999. The highest BCUT2D eigenvalue weighted by Gasteiger charge is 2.13. The van der Waals surface area contributed by atoms with Crippen LogP contribution in [0.25, 0.3) is 22.4 Å². The molecule has 0 unspecified atom stereocenters. The van der Waals surface area contributed by atoms with Gasteiger partial charge in [0.25, 0.3) is 0 Å². The van der Waals surface area contributed by atoms with Crippen LogP contribution in [0.15, 0.2) is 66.7 Å². The average Bonchev–Trinajstić information content (AvgIpc) is 2.73. The summed E-state index contributed by atoms with van der Waals surface area (Å²) in [7, 11) is -3.93. The van der Waals surface area contributed by atoms with Gasteiger partial charge in [-0.15, -0.1) is 0 Å². The fraction of sp³-hybridized carbons (Fsp3) is 0.292. The molecule has 2 aromatic carbocycles. The zero-order valence-corrected chi connectivity index (χ0v) is 18.3. The van der Waals surface area contributed by atoms with E-state index in [2.05, 4.69) is 61.6 Å². The van der Waals surface area contributed by atoms with E-state index < -0.39 is 7.60 Å². The normalized spacial score (nSPS) is 11.8. The lowest BCUT2D eigenvalue weighted by Crippen LogP contribution is -2.16. The molecular formula is C24H29N2O3P. The number of aromatic nitrogens is 1. The predicted octanol–water partition coefficient (Wildman–Crippen LogP) is 5.20. The van der Waals surface area contributed by atoms with Crippen LogP contribution in [0.3, 0.4) is 0 Å². The van der Waals surface area contributed by atoms with Crippen molar-refractivity contribution in [3.05, 3.63) is 78.0 Å². The number of hydrogen-bond donors (Lipinski definition) is 3. The van der Waals surface area contributed by atoms with Gasteiger partial charge in [0, 0.05) is 17.7 Å². The van der Waals surface area contributed by atoms with Gasteiger partial charge in [-0.25, -0.2) is 0 Å². The topological polar surface area (TPSA) is 82.5 Å². The molecule has 0 atom stereocenters. The number of pyridine rings is 1. The maximum atomic E-state index is 11.0. The van der Waals surface area contributed by atoms with E-state index in [1.807, 2.05) is 24.3 Å². The quantitative estimate of drug-likeness (QED) is 0.325. The minimum absolute atomic E-state index is 0.103. The third kappa shape index (κ3) is 6.35. The van der Waals surface area contributed by atoms with Crippen LogP contribution >= 0.6 is 7.60 Å². The molecule has 5 nitrogen and oxygen atoms in total. The molecule has 0 amide bonds.